The number of likely N-dealkylation sites (tertiary alicyclic amines) is 1. The molecule has 2 saturated heterocycles. The van der Waals surface area contributed by atoms with Gasteiger partial charge in [-0.3, -0.25) is 14.4 Å². The zero-order chi connectivity index (χ0) is 24.0. The summed E-state index contributed by atoms with van der Waals surface area (Å²) >= 11 is 6.03. The Hall–Kier alpha value is -2.68. The summed E-state index contributed by atoms with van der Waals surface area (Å²) in [5.41, 5.74) is -0.636. The molecule has 5 rings (SSSR count). The molecule has 1 unspecified atom stereocenters. The number of carbonyl (C=O) groups is 3. The number of hydrogen-bond acceptors (Lipinski definition) is 5. The number of ether oxygens (including phenoxy) is 1. The molecule has 8 nitrogen and oxygen atoms in total. The summed E-state index contributed by atoms with van der Waals surface area (Å²) in [7, 11) is 0. The van der Waals surface area contributed by atoms with Crippen molar-refractivity contribution in [3.8, 4) is 0 Å². The SMILES string of the molecule is CCCN1CC=C[C@H]2O[C@]34C=CCN(c5ccc(Cl)cc5)C(=O)C3N(CCO)C(=O)[C@@H]4[C@H]2C1=O. The lowest BCUT2D eigenvalue weighted by Gasteiger charge is -2.35. The molecular formula is C25H28ClN3O5. The molecule has 9 heteroatoms. The third-order valence-electron chi connectivity index (χ3n) is 7.21. The minimum absolute atomic E-state index is 0.0146. The first-order valence-electron chi connectivity index (χ1n) is 11.7. The fourth-order valence-corrected chi connectivity index (χ4v) is 5.99. The van der Waals surface area contributed by atoms with Gasteiger partial charge in [-0.2, -0.15) is 0 Å². The van der Waals surface area contributed by atoms with Crippen LogP contribution in [-0.2, 0) is 19.1 Å². The van der Waals surface area contributed by atoms with Crippen molar-refractivity contribution in [3.63, 3.8) is 0 Å². The predicted octanol–water partition coefficient (Wildman–Crippen LogP) is 1.62. The van der Waals surface area contributed by atoms with Crippen molar-refractivity contribution in [2.75, 3.05) is 37.7 Å². The standard InChI is InChI=1S/C25H28ClN3O5/c1-2-11-27-12-3-5-18-19(22(27)31)20-23(32)29(14-15-30)21-24(33)28(13-4-10-25(20,21)34-18)17-8-6-16(26)7-9-17/h3-10,18-21,30H,2,11-15H2,1H3/t18-,19+,20+,21?,25+/m1/s1. The molecule has 1 N–H and O–H groups in total. The summed E-state index contributed by atoms with van der Waals surface area (Å²) in [6, 6.07) is 5.94. The Labute approximate surface area is 203 Å². The highest BCUT2D eigenvalue weighted by molar-refractivity contribution is 6.30. The summed E-state index contributed by atoms with van der Waals surface area (Å²) < 4.78 is 6.52. The van der Waals surface area contributed by atoms with Crippen molar-refractivity contribution in [2.45, 2.75) is 31.1 Å². The molecule has 4 aliphatic rings. The van der Waals surface area contributed by atoms with Crippen LogP contribution in [0.15, 0.2) is 48.6 Å². The second kappa shape index (κ2) is 8.83. The number of anilines is 1. The highest BCUT2D eigenvalue weighted by atomic mass is 35.5. The van der Waals surface area contributed by atoms with Gasteiger partial charge in [0.2, 0.25) is 11.8 Å². The minimum Gasteiger partial charge on any atom is -0.395 e. The van der Waals surface area contributed by atoms with E-state index >= 15 is 0 Å². The van der Waals surface area contributed by atoms with Crippen LogP contribution in [0.1, 0.15) is 13.3 Å². The normalized spacial score (nSPS) is 32.6. The first-order valence-corrected chi connectivity index (χ1v) is 12.1. The fourth-order valence-electron chi connectivity index (χ4n) is 5.86. The van der Waals surface area contributed by atoms with Crippen molar-refractivity contribution >= 4 is 35.0 Å². The lowest BCUT2D eigenvalue weighted by Crippen LogP contribution is -2.55. The minimum atomic E-state index is -1.28. The van der Waals surface area contributed by atoms with E-state index in [-0.39, 0.29) is 37.4 Å². The largest absolute Gasteiger partial charge is 0.395 e. The van der Waals surface area contributed by atoms with E-state index in [2.05, 4.69) is 0 Å². The molecule has 0 saturated carbocycles. The number of aliphatic hydroxyl groups excluding tert-OH is 1. The molecule has 0 radical (unpaired) electrons. The fraction of sp³-hybridized carbons (Fsp3) is 0.480. The molecule has 4 heterocycles. The second-order valence-corrected chi connectivity index (χ2v) is 9.57. The van der Waals surface area contributed by atoms with Gasteiger partial charge in [-0.25, -0.2) is 0 Å². The van der Waals surface area contributed by atoms with Gasteiger partial charge in [0, 0.05) is 36.9 Å². The first kappa shape index (κ1) is 23.1. The maximum atomic E-state index is 14.0. The number of β-amino-alcohol motifs (C(OH)–C–C–N with tert-alkyl or cyclic N) is 1. The molecule has 0 bridgehead atoms. The molecule has 1 spiro atoms. The second-order valence-electron chi connectivity index (χ2n) is 9.14. The topological polar surface area (TPSA) is 90.4 Å². The van der Waals surface area contributed by atoms with Crippen molar-refractivity contribution in [3.05, 3.63) is 53.6 Å². The summed E-state index contributed by atoms with van der Waals surface area (Å²) in [4.78, 5) is 46.1. The van der Waals surface area contributed by atoms with E-state index in [4.69, 9.17) is 16.3 Å². The first-order chi connectivity index (χ1) is 16.4. The lowest BCUT2D eigenvalue weighted by molar-refractivity contribution is -0.144. The summed E-state index contributed by atoms with van der Waals surface area (Å²) in [6.07, 6.45) is 7.59. The van der Waals surface area contributed by atoms with Crippen LogP contribution >= 0.6 is 11.6 Å². The molecule has 34 heavy (non-hydrogen) atoms. The number of aliphatic hydroxyl groups is 1. The van der Waals surface area contributed by atoms with Gasteiger partial charge in [-0.1, -0.05) is 42.8 Å². The van der Waals surface area contributed by atoms with E-state index in [1.807, 2.05) is 25.2 Å². The van der Waals surface area contributed by atoms with Gasteiger partial charge in [0.1, 0.15) is 11.6 Å². The molecule has 3 amide bonds. The van der Waals surface area contributed by atoms with Crippen LogP contribution in [0, 0.1) is 11.8 Å². The molecule has 4 aliphatic heterocycles. The maximum absolute atomic E-state index is 14.0. The van der Waals surface area contributed by atoms with E-state index in [0.717, 1.165) is 6.42 Å². The van der Waals surface area contributed by atoms with E-state index < -0.39 is 29.6 Å². The van der Waals surface area contributed by atoms with Crippen molar-refractivity contribution in [1.29, 1.82) is 0 Å². The van der Waals surface area contributed by atoms with Crippen molar-refractivity contribution < 1.29 is 24.2 Å². The maximum Gasteiger partial charge on any atom is 0.253 e. The number of halogens is 1. The Morgan fingerprint density at radius 1 is 1.06 bits per heavy atom. The molecule has 2 fully saturated rings. The Morgan fingerprint density at radius 3 is 2.53 bits per heavy atom. The van der Waals surface area contributed by atoms with Crippen LogP contribution in [0.25, 0.3) is 0 Å². The van der Waals surface area contributed by atoms with Gasteiger partial charge in [-0.05, 0) is 30.7 Å². The number of amides is 3. The number of hydrogen-bond donors (Lipinski definition) is 1. The average molecular weight is 486 g/mol. The van der Waals surface area contributed by atoms with E-state index in [1.54, 1.807) is 40.1 Å². The van der Waals surface area contributed by atoms with Crippen LogP contribution in [0.5, 0.6) is 0 Å². The van der Waals surface area contributed by atoms with E-state index in [1.165, 1.54) is 4.90 Å². The number of nitrogens with zero attached hydrogens (tertiary/aromatic N) is 3. The van der Waals surface area contributed by atoms with E-state index in [9.17, 15) is 19.5 Å². The molecule has 180 valence electrons. The van der Waals surface area contributed by atoms with Crippen LogP contribution in [0.3, 0.4) is 0 Å². The summed E-state index contributed by atoms with van der Waals surface area (Å²) in [5, 5.41) is 10.3. The Morgan fingerprint density at radius 2 is 1.82 bits per heavy atom. The molecule has 1 aromatic carbocycles. The zero-order valence-corrected chi connectivity index (χ0v) is 19.7. The van der Waals surface area contributed by atoms with Gasteiger partial charge in [0.25, 0.3) is 5.91 Å². The molecule has 1 aromatic rings. The molecule has 5 atom stereocenters. The summed E-state index contributed by atoms with van der Waals surface area (Å²) in [5.74, 6) is -2.33. The molecule has 0 aromatic heterocycles. The monoisotopic (exact) mass is 485 g/mol. The zero-order valence-electron chi connectivity index (χ0n) is 19.0. The Bertz CT molecular complexity index is 1060. The Balaban J connectivity index is 1.59. The van der Waals surface area contributed by atoms with Crippen LogP contribution < -0.4 is 4.90 Å². The van der Waals surface area contributed by atoms with Gasteiger partial charge in [0.15, 0.2) is 0 Å². The Kier molecular flexibility index (Phi) is 6.00. The van der Waals surface area contributed by atoms with Gasteiger partial charge in [0.05, 0.1) is 24.5 Å². The smallest absolute Gasteiger partial charge is 0.253 e. The quantitative estimate of drug-likeness (QED) is 0.640. The molecular weight excluding hydrogens is 458 g/mol. The van der Waals surface area contributed by atoms with Crippen LogP contribution in [-0.4, -0.2) is 83.2 Å². The summed E-state index contributed by atoms with van der Waals surface area (Å²) in [6.45, 7) is 3.04. The number of fused-ring (bicyclic) bond motifs is 2. The number of carbonyl (C=O) groups excluding carboxylic acids is 3. The van der Waals surface area contributed by atoms with Gasteiger partial charge < -0.3 is 24.5 Å². The van der Waals surface area contributed by atoms with Crippen LogP contribution in [0.2, 0.25) is 5.02 Å². The van der Waals surface area contributed by atoms with Gasteiger partial charge >= 0.3 is 0 Å². The number of rotatable bonds is 5. The van der Waals surface area contributed by atoms with Crippen molar-refractivity contribution in [2.24, 2.45) is 11.8 Å². The highest BCUT2D eigenvalue weighted by Crippen LogP contribution is 2.53. The third-order valence-corrected chi connectivity index (χ3v) is 7.47. The van der Waals surface area contributed by atoms with Crippen LogP contribution in [0.4, 0.5) is 5.69 Å². The third kappa shape index (κ3) is 3.39. The van der Waals surface area contributed by atoms with Gasteiger partial charge in [-0.15, -0.1) is 0 Å². The van der Waals surface area contributed by atoms with Crippen molar-refractivity contribution in [1.82, 2.24) is 9.80 Å². The van der Waals surface area contributed by atoms with E-state index in [0.29, 0.717) is 23.8 Å². The predicted molar refractivity (Wildman–Crippen MR) is 126 cm³/mol. The molecule has 0 aliphatic carbocycles. The lowest BCUT2D eigenvalue weighted by atomic mass is 9.77. The number of benzene rings is 1. The highest BCUT2D eigenvalue weighted by Gasteiger charge is 2.71. The average Bonchev–Trinajstić information content (AvgIpc) is 3.13.